The zero-order chi connectivity index (χ0) is 12.4. The first-order valence-electron chi connectivity index (χ1n) is 5.76. The zero-order valence-corrected chi connectivity index (χ0v) is 12.8. The van der Waals surface area contributed by atoms with E-state index in [0.717, 1.165) is 24.6 Å². The molecule has 0 aromatic heterocycles. The number of hydrogen-bond acceptors (Lipinski definition) is 2. The molecule has 1 atom stereocenters. The van der Waals surface area contributed by atoms with Crippen LogP contribution in [0.4, 0.5) is 0 Å². The molecule has 0 spiro atoms. The topological polar surface area (TPSA) is 37.4 Å². The lowest BCUT2D eigenvalue weighted by Gasteiger charge is -2.35. The molecule has 0 aromatic carbocycles. The van der Waals surface area contributed by atoms with E-state index in [4.69, 9.17) is 0 Å². The number of halogens is 1. The fourth-order valence-corrected chi connectivity index (χ4v) is 3.50. The van der Waals surface area contributed by atoms with Crippen molar-refractivity contribution in [2.24, 2.45) is 11.3 Å². The molecule has 1 rings (SSSR count). The fourth-order valence-electron chi connectivity index (χ4n) is 2.33. The molecule has 0 amide bonds. The second kappa shape index (κ2) is 5.36. The van der Waals surface area contributed by atoms with Gasteiger partial charge in [-0.05, 0) is 30.6 Å². The van der Waals surface area contributed by atoms with Gasteiger partial charge in [0.25, 0.3) is 0 Å². The number of nitrogens with zero attached hydrogens (tertiary/aromatic N) is 1. The second-order valence-electron chi connectivity index (χ2n) is 5.63. The molecule has 0 aromatic rings. The summed E-state index contributed by atoms with van der Waals surface area (Å²) in [7, 11) is -3.00. The quantitative estimate of drug-likeness (QED) is 0.748. The Kier molecular flexibility index (Phi) is 4.84. The van der Waals surface area contributed by atoms with Gasteiger partial charge in [0.2, 0.25) is 10.0 Å². The standard InChI is InChI=1S/C11H22BrNO2S/c1-11(2,9-12)7-10-5-4-6-13(8-10)16(3,14)15/h10H,4-9H2,1-3H3. The van der Waals surface area contributed by atoms with E-state index in [2.05, 4.69) is 29.8 Å². The Labute approximate surface area is 108 Å². The summed E-state index contributed by atoms with van der Waals surface area (Å²) in [6, 6.07) is 0. The SMILES string of the molecule is CC(C)(CBr)CC1CCCN(S(C)(=O)=O)C1. The van der Waals surface area contributed by atoms with Crippen molar-refractivity contribution < 1.29 is 8.42 Å². The third kappa shape index (κ3) is 4.34. The predicted octanol–water partition coefficient (Wildman–Crippen LogP) is 2.47. The highest BCUT2D eigenvalue weighted by Crippen LogP contribution is 2.32. The monoisotopic (exact) mass is 311 g/mol. The van der Waals surface area contributed by atoms with Gasteiger partial charge < -0.3 is 0 Å². The third-order valence-corrected chi connectivity index (χ3v) is 5.94. The summed E-state index contributed by atoms with van der Waals surface area (Å²) in [6.45, 7) is 5.85. The summed E-state index contributed by atoms with van der Waals surface area (Å²) in [5.74, 6) is 0.510. The molecule has 0 radical (unpaired) electrons. The van der Waals surface area contributed by atoms with Gasteiger partial charge in [0, 0.05) is 18.4 Å². The largest absolute Gasteiger partial charge is 0.213 e. The van der Waals surface area contributed by atoms with Crippen molar-refractivity contribution in [3.63, 3.8) is 0 Å². The van der Waals surface area contributed by atoms with E-state index < -0.39 is 10.0 Å². The average molecular weight is 312 g/mol. The maximum atomic E-state index is 11.5. The van der Waals surface area contributed by atoms with Crippen molar-refractivity contribution in [2.75, 3.05) is 24.7 Å². The summed E-state index contributed by atoms with van der Waals surface area (Å²) >= 11 is 3.52. The van der Waals surface area contributed by atoms with Crippen LogP contribution in [0.15, 0.2) is 0 Å². The normalized spacial score (nSPS) is 24.6. The van der Waals surface area contributed by atoms with Crippen LogP contribution >= 0.6 is 15.9 Å². The van der Waals surface area contributed by atoms with Crippen LogP contribution in [-0.4, -0.2) is 37.4 Å². The lowest BCUT2D eigenvalue weighted by atomic mass is 9.81. The Morgan fingerprint density at radius 1 is 1.44 bits per heavy atom. The highest BCUT2D eigenvalue weighted by atomic mass is 79.9. The molecule has 16 heavy (non-hydrogen) atoms. The summed E-state index contributed by atoms with van der Waals surface area (Å²) in [5, 5.41) is 0.968. The van der Waals surface area contributed by atoms with Crippen LogP contribution in [0.5, 0.6) is 0 Å². The molecule has 3 nitrogen and oxygen atoms in total. The molecule has 96 valence electrons. The Balaban J connectivity index is 2.58. The number of piperidine rings is 1. The van der Waals surface area contributed by atoms with E-state index >= 15 is 0 Å². The fraction of sp³-hybridized carbons (Fsp3) is 1.00. The minimum Gasteiger partial charge on any atom is -0.213 e. The first kappa shape index (κ1) is 14.5. The molecule has 5 heteroatoms. The van der Waals surface area contributed by atoms with E-state index in [1.807, 2.05) is 0 Å². The van der Waals surface area contributed by atoms with Crippen LogP contribution in [0, 0.1) is 11.3 Å². The van der Waals surface area contributed by atoms with Crippen LogP contribution < -0.4 is 0 Å². The number of sulfonamides is 1. The first-order chi connectivity index (χ1) is 7.24. The number of hydrogen-bond donors (Lipinski definition) is 0. The minimum absolute atomic E-state index is 0.255. The van der Waals surface area contributed by atoms with Gasteiger partial charge in [-0.1, -0.05) is 29.8 Å². The third-order valence-electron chi connectivity index (χ3n) is 3.15. The number of alkyl halides is 1. The smallest absolute Gasteiger partial charge is 0.211 e. The average Bonchev–Trinajstić information content (AvgIpc) is 2.16. The molecule has 0 N–H and O–H groups in total. The first-order valence-corrected chi connectivity index (χ1v) is 8.73. The van der Waals surface area contributed by atoms with Gasteiger partial charge in [0.15, 0.2) is 0 Å². The summed E-state index contributed by atoms with van der Waals surface area (Å²) in [4.78, 5) is 0. The molecule has 1 heterocycles. The van der Waals surface area contributed by atoms with Gasteiger partial charge >= 0.3 is 0 Å². The van der Waals surface area contributed by atoms with E-state index in [1.54, 1.807) is 4.31 Å². The second-order valence-corrected chi connectivity index (χ2v) is 8.17. The number of rotatable bonds is 4. The van der Waals surface area contributed by atoms with Gasteiger partial charge in [-0.3, -0.25) is 0 Å². The molecule has 1 fully saturated rings. The Hall–Kier alpha value is 0.390. The van der Waals surface area contributed by atoms with Crippen LogP contribution in [0.25, 0.3) is 0 Å². The molecule has 1 unspecified atom stereocenters. The molecular weight excluding hydrogens is 290 g/mol. The predicted molar refractivity (Wildman–Crippen MR) is 71.3 cm³/mol. The van der Waals surface area contributed by atoms with Gasteiger partial charge in [-0.15, -0.1) is 0 Å². The van der Waals surface area contributed by atoms with Crippen LogP contribution in [0.3, 0.4) is 0 Å². The van der Waals surface area contributed by atoms with E-state index in [0.29, 0.717) is 19.0 Å². The van der Waals surface area contributed by atoms with Crippen LogP contribution in [0.2, 0.25) is 0 Å². The summed E-state index contributed by atoms with van der Waals surface area (Å²) < 4.78 is 24.6. The van der Waals surface area contributed by atoms with Gasteiger partial charge in [0.1, 0.15) is 0 Å². The molecular formula is C11H22BrNO2S. The van der Waals surface area contributed by atoms with Crippen molar-refractivity contribution >= 4 is 26.0 Å². The van der Waals surface area contributed by atoms with Crippen molar-refractivity contribution in [1.29, 1.82) is 0 Å². The van der Waals surface area contributed by atoms with E-state index in [9.17, 15) is 8.42 Å². The van der Waals surface area contributed by atoms with Gasteiger partial charge in [-0.2, -0.15) is 0 Å². The van der Waals surface area contributed by atoms with Gasteiger partial charge in [0.05, 0.1) is 6.26 Å². The zero-order valence-electron chi connectivity index (χ0n) is 10.4. The molecule has 1 aliphatic rings. The summed E-state index contributed by atoms with van der Waals surface area (Å²) in [6.07, 6.45) is 4.55. The highest BCUT2D eigenvalue weighted by molar-refractivity contribution is 9.09. The summed E-state index contributed by atoms with van der Waals surface area (Å²) in [5.41, 5.74) is 0.255. The molecule has 0 bridgehead atoms. The van der Waals surface area contributed by atoms with Crippen LogP contribution in [-0.2, 0) is 10.0 Å². The molecule has 0 aliphatic carbocycles. The van der Waals surface area contributed by atoms with Crippen molar-refractivity contribution in [2.45, 2.75) is 33.1 Å². The molecule has 0 saturated carbocycles. The van der Waals surface area contributed by atoms with Crippen molar-refractivity contribution in [3.8, 4) is 0 Å². The van der Waals surface area contributed by atoms with Gasteiger partial charge in [-0.25, -0.2) is 12.7 Å². The van der Waals surface area contributed by atoms with E-state index in [-0.39, 0.29) is 5.41 Å². The molecule has 1 aliphatic heterocycles. The Morgan fingerprint density at radius 2 is 2.06 bits per heavy atom. The van der Waals surface area contributed by atoms with Crippen molar-refractivity contribution in [1.82, 2.24) is 4.31 Å². The highest BCUT2D eigenvalue weighted by Gasteiger charge is 2.29. The lowest BCUT2D eigenvalue weighted by Crippen LogP contribution is -2.40. The van der Waals surface area contributed by atoms with E-state index in [1.165, 1.54) is 6.26 Å². The lowest BCUT2D eigenvalue weighted by molar-refractivity contribution is 0.205. The maximum absolute atomic E-state index is 11.5. The Morgan fingerprint density at radius 3 is 2.56 bits per heavy atom. The maximum Gasteiger partial charge on any atom is 0.211 e. The van der Waals surface area contributed by atoms with Crippen molar-refractivity contribution in [3.05, 3.63) is 0 Å². The Bertz CT molecular complexity index is 327. The minimum atomic E-state index is -3.00. The van der Waals surface area contributed by atoms with Crippen LogP contribution in [0.1, 0.15) is 33.1 Å². The molecule has 1 saturated heterocycles.